The SMILES string of the molecule is C[Si](C)(C)CCOCn1cc(C(=O)c2cccnc2)c2cc(Br)cnc21. The molecular weight excluding hydrogens is 410 g/mol. The van der Waals surface area contributed by atoms with Crippen molar-refractivity contribution in [1.82, 2.24) is 14.5 Å². The van der Waals surface area contributed by atoms with Crippen LogP contribution in [0.1, 0.15) is 15.9 Å². The van der Waals surface area contributed by atoms with E-state index in [9.17, 15) is 4.79 Å². The smallest absolute Gasteiger partial charge is 0.196 e. The molecule has 0 aliphatic rings. The minimum atomic E-state index is -1.13. The normalized spacial score (nSPS) is 11.8. The zero-order valence-electron chi connectivity index (χ0n) is 15.2. The molecule has 0 aliphatic heterocycles. The number of rotatable bonds is 7. The Hall–Kier alpha value is -1.83. The van der Waals surface area contributed by atoms with Crippen molar-refractivity contribution in [2.24, 2.45) is 0 Å². The van der Waals surface area contributed by atoms with E-state index in [1.165, 1.54) is 0 Å². The Bertz CT molecular complexity index is 920. The summed E-state index contributed by atoms with van der Waals surface area (Å²) < 4.78 is 8.59. The Morgan fingerprint density at radius 3 is 2.81 bits per heavy atom. The summed E-state index contributed by atoms with van der Waals surface area (Å²) in [6.07, 6.45) is 6.80. The lowest BCUT2D eigenvalue weighted by molar-refractivity contribution is 0.0896. The van der Waals surface area contributed by atoms with Gasteiger partial charge in [-0.25, -0.2) is 4.98 Å². The molecule has 0 saturated carbocycles. The first-order chi connectivity index (χ1) is 12.3. The summed E-state index contributed by atoms with van der Waals surface area (Å²) in [5, 5.41) is 0.807. The van der Waals surface area contributed by atoms with Gasteiger partial charge < -0.3 is 9.30 Å². The molecule has 0 atom stereocenters. The molecule has 3 aromatic rings. The minimum Gasteiger partial charge on any atom is -0.361 e. The van der Waals surface area contributed by atoms with E-state index in [1.807, 2.05) is 16.8 Å². The number of ketones is 1. The summed E-state index contributed by atoms with van der Waals surface area (Å²) >= 11 is 3.44. The summed E-state index contributed by atoms with van der Waals surface area (Å²) in [5.74, 6) is -0.0659. The lowest BCUT2D eigenvalue weighted by Crippen LogP contribution is -2.22. The molecule has 3 aromatic heterocycles. The standard InChI is InChI=1S/C19H22BrN3O2Si/c1-26(2,3)8-7-25-13-23-12-17(16-9-15(20)11-22-19(16)23)18(24)14-5-4-6-21-10-14/h4-6,9-12H,7-8,13H2,1-3H3. The van der Waals surface area contributed by atoms with Gasteiger partial charge in [0.25, 0.3) is 0 Å². The zero-order chi connectivity index (χ0) is 18.7. The second-order valence-corrected chi connectivity index (χ2v) is 14.0. The molecule has 3 rings (SSSR count). The third-order valence-corrected chi connectivity index (χ3v) is 6.21. The maximum atomic E-state index is 12.9. The van der Waals surface area contributed by atoms with Crippen molar-refractivity contribution in [2.45, 2.75) is 32.4 Å². The van der Waals surface area contributed by atoms with Gasteiger partial charge in [0, 0.05) is 60.5 Å². The maximum Gasteiger partial charge on any atom is 0.196 e. The highest BCUT2D eigenvalue weighted by molar-refractivity contribution is 9.10. The van der Waals surface area contributed by atoms with Gasteiger partial charge >= 0.3 is 0 Å². The molecule has 3 heterocycles. The lowest BCUT2D eigenvalue weighted by atomic mass is 10.1. The number of ether oxygens (including phenoxy) is 1. The predicted molar refractivity (Wildman–Crippen MR) is 109 cm³/mol. The number of hydrogen-bond acceptors (Lipinski definition) is 4. The van der Waals surface area contributed by atoms with E-state index in [1.54, 1.807) is 30.7 Å². The number of halogens is 1. The van der Waals surface area contributed by atoms with E-state index in [0.717, 1.165) is 28.2 Å². The van der Waals surface area contributed by atoms with Crippen LogP contribution in [-0.4, -0.2) is 35.0 Å². The second kappa shape index (κ2) is 7.81. The Kier molecular flexibility index (Phi) is 5.69. The van der Waals surface area contributed by atoms with Crippen LogP contribution in [0.2, 0.25) is 25.7 Å². The summed E-state index contributed by atoms with van der Waals surface area (Å²) in [5.41, 5.74) is 1.91. The van der Waals surface area contributed by atoms with Crippen LogP contribution in [0.15, 0.2) is 47.5 Å². The summed E-state index contributed by atoms with van der Waals surface area (Å²) in [6.45, 7) is 8.08. The van der Waals surface area contributed by atoms with Crippen LogP contribution in [0, 0.1) is 0 Å². The second-order valence-electron chi connectivity index (χ2n) is 7.46. The monoisotopic (exact) mass is 431 g/mol. The Morgan fingerprint density at radius 1 is 1.31 bits per heavy atom. The maximum absolute atomic E-state index is 12.9. The first-order valence-electron chi connectivity index (χ1n) is 8.52. The molecule has 0 fully saturated rings. The van der Waals surface area contributed by atoms with Gasteiger partial charge in [-0.3, -0.25) is 9.78 Å². The molecule has 5 nitrogen and oxygen atoms in total. The third-order valence-electron chi connectivity index (χ3n) is 4.08. The fourth-order valence-electron chi connectivity index (χ4n) is 2.62. The quantitative estimate of drug-likeness (QED) is 0.308. The van der Waals surface area contributed by atoms with Crippen molar-refractivity contribution in [3.05, 3.63) is 58.6 Å². The number of hydrogen-bond donors (Lipinski definition) is 0. The number of carbonyl (C=O) groups is 1. The fraction of sp³-hybridized carbons (Fsp3) is 0.316. The Labute approximate surface area is 162 Å². The van der Waals surface area contributed by atoms with Crippen LogP contribution in [0.4, 0.5) is 0 Å². The molecule has 136 valence electrons. The molecule has 0 aliphatic carbocycles. The average Bonchev–Trinajstić information content (AvgIpc) is 2.96. The molecule has 0 amide bonds. The summed E-state index contributed by atoms with van der Waals surface area (Å²) in [4.78, 5) is 21.4. The molecule has 0 saturated heterocycles. The Morgan fingerprint density at radius 2 is 2.12 bits per heavy atom. The number of carbonyl (C=O) groups excluding carboxylic acids is 1. The largest absolute Gasteiger partial charge is 0.361 e. The van der Waals surface area contributed by atoms with E-state index in [2.05, 4.69) is 45.5 Å². The lowest BCUT2D eigenvalue weighted by Gasteiger charge is -2.15. The van der Waals surface area contributed by atoms with Gasteiger partial charge in [0.05, 0.1) is 0 Å². The number of pyridine rings is 2. The molecular formula is C19H22BrN3O2Si. The highest BCUT2D eigenvalue weighted by Gasteiger charge is 2.18. The van der Waals surface area contributed by atoms with E-state index in [-0.39, 0.29) is 5.78 Å². The van der Waals surface area contributed by atoms with Gasteiger partial charge in [0.2, 0.25) is 0 Å². The van der Waals surface area contributed by atoms with Crippen LogP contribution < -0.4 is 0 Å². The van der Waals surface area contributed by atoms with Crippen LogP contribution in [0.3, 0.4) is 0 Å². The number of nitrogens with zero attached hydrogens (tertiary/aromatic N) is 3. The van der Waals surface area contributed by atoms with Gasteiger partial charge in [0.1, 0.15) is 12.4 Å². The van der Waals surface area contributed by atoms with Gasteiger partial charge in [-0.2, -0.15) is 0 Å². The van der Waals surface area contributed by atoms with Gasteiger partial charge in [-0.05, 0) is 40.2 Å². The van der Waals surface area contributed by atoms with Crippen LogP contribution in [-0.2, 0) is 11.5 Å². The van der Waals surface area contributed by atoms with Gasteiger partial charge in [0.15, 0.2) is 5.78 Å². The average molecular weight is 432 g/mol. The van der Waals surface area contributed by atoms with Crippen molar-refractivity contribution in [2.75, 3.05) is 6.61 Å². The van der Waals surface area contributed by atoms with Crippen molar-refractivity contribution in [1.29, 1.82) is 0 Å². The molecule has 0 spiro atoms. The molecule has 0 radical (unpaired) electrons. The topological polar surface area (TPSA) is 57.0 Å². The molecule has 0 bridgehead atoms. The Balaban J connectivity index is 1.89. The van der Waals surface area contributed by atoms with Crippen LogP contribution >= 0.6 is 15.9 Å². The van der Waals surface area contributed by atoms with Crippen molar-refractivity contribution >= 4 is 40.8 Å². The van der Waals surface area contributed by atoms with E-state index in [0.29, 0.717) is 17.9 Å². The molecule has 26 heavy (non-hydrogen) atoms. The molecule has 0 unspecified atom stereocenters. The molecule has 7 heteroatoms. The summed E-state index contributed by atoms with van der Waals surface area (Å²) in [6, 6.07) is 6.56. The molecule has 0 N–H and O–H groups in total. The first kappa shape index (κ1) is 18.9. The summed E-state index contributed by atoms with van der Waals surface area (Å²) in [7, 11) is -1.13. The zero-order valence-corrected chi connectivity index (χ0v) is 17.8. The number of fused-ring (bicyclic) bond motifs is 1. The van der Waals surface area contributed by atoms with Gasteiger partial charge in [-0.15, -0.1) is 0 Å². The first-order valence-corrected chi connectivity index (χ1v) is 13.0. The molecule has 0 aromatic carbocycles. The van der Waals surface area contributed by atoms with Crippen molar-refractivity contribution in [3.8, 4) is 0 Å². The number of aromatic nitrogens is 3. The highest BCUT2D eigenvalue weighted by Crippen LogP contribution is 2.25. The highest BCUT2D eigenvalue weighted by atomic mass is 79.9. The fourth-order valence-corrected chi connectivity index (χ4v) is 3.71. The van der Waals surface area contributed by atoms with Crippen LogP contribution in [0.25, 0.3) is 11.0 Å². The van der Waals surface area contributed by atoms with Gasteiger partial charge in [-0.1, -0.05) is 19.6 Å². The van der Waals surface area contributed by atoms with Crippen molar-refractivity contribution < 1.29 is 9.53 Å². The predicted octanol–water partition coefficient (Wildman–Crippen LogP) is 4.74. The third kappa shape index (κ3) is 4.46. The van der Waals surface area contributed by atoms with Crippen LogP contribution in [0.5, 0.6) is 0 Å². The van der Waals surface area contributed by atoms with E-state index < -0.39 is 8.07 Å². The van der Waals surface area contributed by atoms with E-state index in [4.69, 9.17) is 4.74 Å². The van der Waals surface area contributed by atoms with E-state index >= 15 is 0 Å². The minimum absolute atomic E-state index is 0.0659. The van der Waals surface area contributed by atoms with Crippen molar-refractivity contribution in [3.63, 3.8) is 0 Å².